The Kier molecular flexibility index (Phi) is 4.89. The highest BCUT2D eigenvalue weighted by Gasteiger charge is 2.28. The van der Waals surface area contributed by atoms with Gasteiger partial charge in [0.1, 0.15) is 5.52 Å². The fourth-order valence-corrected chi connectivity index (χ4v) is 4.79. The minimum absolute atomic E-state index is 0.00961. The first-order valence-electron chi connectivity index (χ1n) is 8.35. The number of carbonyl (C=O) groups excluding carboxylic acids is 1. The molecule has 1 aliphatic heterocycles. The Morgan fingerprint density at radius 3 is 2.96 bits per heavy atom. The Balaban J connectivity index is 1.64. The molecule has 0 bridgehead atoms. The normalized spacial score (nSPS) is 19.6. The molecule has 7 heteroatoms. The van der Waals surface area contributed by atoms with Gasteiger partial charge < -0.3 is 9.73 Å². The predicted molar refractivity (Wildman–Crippen MR) is 91.7 cm³/mol. The molecule has 1 aliphatic rings. The van der Waals surface area contributed by atoms with Crippen LogP contribution in [0.25, 0.3) is 11.1 Å². The smallest absolute Gasteiger partial charge is 0.251 e. The van der Waals surface area contributed by atoms with Gasteiger partial charge in [0.15, 0.2) is 21.3 Å². The number of oxazole rings is 1. The highest BCUT2D eigenvalue weighted by atomic mass is 32.2. The molecule has 1 aromatic heterocycles. The number of unbranched alkanes of at least 4 members (excludes halogenated alkanes) is 1. The molecular weight excluding hydrogens is 328 g/mol. The molecule has 0 radical (unpaired) electrons. The fraction of sp³-hybridized carbons (Fsp3) is 0.529. The molecule has 0 spiro atoms. The molecule has 2 heterocycles. The van der Waals surface area contributed by atoms with Gasteiger partial charge in [0.25, 0.3) is 5.91 Å². The van der Waals surface area contributed by atoms with E-state index in [1.54, 1.807) is 18.2 Å². The van der Waals surface area contributed by atoms with Crippen molar-refractivity contribution in [2.24, 2.45) is 5.92 Å². The highest BCUT2D eigenvalue weighted by molar-refractivity contribution is 7.91. The molecule has 3 rings (SSSR count). The third kappa shape index (κ3) is 3.95. The first kappa shape index (κ1) is 17.0. The number of benzene rings is 1. The molecule has 1 N–H and O–H groups in total. The summed E-state index contributed by atoms with van der Waals surface area (Å²) >= 11 is 0. The van der Waals surface area contributed by atoms with E-state index in [4.69, 9.17) is 4.42 Å². The second kappa shape index (κ2) is 6.93. The third-order valence-electron chi connectivity index (χ3n) is 4.32. The lowest BCUT2D eigenvalue weighted by Crippen LogP contribution is -2.29. The van der Waals surface area contributed by atoms with Crippen LogP contribution in [0.5, 0.6) is 0 Å². The monoisotopic (exact) mass is 350 g/mol. The summed E-state index contributed by atoms with van der Waals surface area (Å²) in [6.45, 7) is 2.50. The quantitative estimate of drug-likeness (QED) is 0.864. The molecule has 1 atom stereocenters. The van der Waals surface area contributed by atoms with Crippen molar-refractivity contribution in [2.75, 3.05) is 18.1 Å². The standard InChI is InChI=1S/C17H22N2O4S/c1-2-3-4-16-19-14-9-13(5-6-15(14)23-16)17(20)18-10-12-7-8-24(21,22)11-12/h5-6,9,12H,2-4,7-8,10-11H2,1H3,(H,18,20). The Labute approximate surface area is 141 Å². The van der Waals surface area contributed by atoms with Crippen molar-refractivity contribution in [1.29, 1.82) is 0 Å². The molecule has 1 aromatic carbocycles. The fourth-order valence-electron chi connectivity index (χ4n) is 2.92. The van der Waals surface area contributed by atoms with Crippen LogP contribution in [-0.4, -0.2) is 37.4 Å². The van der Waals surface area contributed by atoms with Crippen LogP contribution in [0.1, 0.15) is 42.4 Å². The van der Waals surface area contributed by atoms with Gasteiger partial charge in [-0.05, 0) is 37.0 Å². The Hall–Kier alpha value is -1.89. The van der Waals surface area contributed by atoms with Gasteiger partial charge in [-0.15, -0.1) is 0 Å². The average molecular weight is 350 g/mol. The van der Waals surface area contributed by atoms with E-state index in [2.05, 4.69) is 17.2 Å². The van der Waals surface area contributed by atoms with Crippen LogP contribution in [0.2, 0.25) is 0 Å². The Morgan fingerprint density at radius 1 is 1.42 bits per heavy atom. The van der Waals surface area contributed by atoms with Crippen molar-refractivity contribution < 1.29 is 17.6 Å². The van der Waals surface area contributed by atoms with Gasteiger partial charge in [-0.25, -0.2) is 13.4 Å². The second-order valence-electron chi connectivity index (χ2n) is 6.37. The molecule has 1 unspecified atom stereocenters. The molecule has 0 saturated carbocycles. The van der Waals surface area contributed by atoms with E-state index < -0.39 is 9.84 Å². The van der Waals surface area contributed by atoms with E-state index in [0.717, 1.165) is 19.3 Å². The largest absolute Gasteiger partial charge is 0.441 e. The van der Waals surface area contributed by atoms with Crippen LogP contribution in [0, 0.1) is 5.92 Å². The van der Waals surface area contributed by atoms with E-state index >= 15 is 0 Å². The molecular formula is C17H22N2O4S. The predicted octanol–water partition coefficient (Wildman–Crippen LogP) is 2.33. The zero-order chi connectivity index (χ0) is 17.2. The molecule has 1 saturated heterocycles. The molecule has 0 aliphatic carbocycles. The third-order valence-corrected chi connectivity index (χ3v) is 6.15. The molecule has 1 fully saturated rings. The van der Waals surface area contributed by atoms with Gasteiger partial charge in [0, 0.05) is 18.5 Å². The summed E-state index contributed by atoms with van der Waals surface area (Å²) in [7, 11) is -2.92. The van der Waals surface area contributed by atoms with Crippen LogP contribution in [0.15, 0.2) is 22.6 Å². The number of carbonyl (C=O) groups is 1. The number of nitrogens with one attached hydrogen (secondary N) is 1. The number of nitrogens with zero attached hydrogens (tertiary/aromatic N) is 1. The average Bonchev–Trinajstić information content (AvgIpc) is 3.12. The van der Waals surface area contributed by atoms with Crippen LogP contribution < -0.4 is 5.32 Å². The first-order valence-corrected chi connectivity index (χ1v) is 10.2. The number of hydrogen-bond donors (Lipinski definition) is 1. The van der Waals surface area contributed by atoms with Gasteiger partial charge in [0.05, 0.1) is 11.5 Å². The van der Waals surface area contributed by atoms with Crippen molar-refractivity contribution in [2.45, 2.75) is 32.6 Å². The molecule has 24 heavy (non-hydrogen) atoms. The minimum atomic E-state index is -2.92. The van der Waals surface area contributed by atoms with E-state index in [1.165, 1.54) is 0 Å². The lowest BCUT2D eigenvalue weighted by molar-refractivity contribution is 0.0948. The zero-order valence-electron chi connectivity index (χ0n) is 13.7. The number of amides is 1. The van der Waals surface area contributed by atoms with Gasteiger partial charge in [-0.3, -0.25) is 4.79 Å². The van der Waals surface area contributed by atoms with Crippen LogP contribution in [-0.2, 0) is 16.3 Å². The number of aromatic nitrogens is 1. The topological polar surface area (TPSA) is 89.3 Å². The summed E-state index contributed by atoms with van der Waals surface area (Å²) in [4.78, 5) is 16.7. The summed E-state index contributed by atoms with van der Waals surface area (Å²) in [6.07, 6.45) is 3.50. The number of rotatable bonds is 6. The summed E-state index contributed by atoms with van der Waals surface area (Å²) in [6, 6.07) is 5.18. The van der Waals surface area contributed by atoms with Crippen molar-refractivity contribution in [1.82, 2.24) is 10.3 Å². The van der Waals surface area contributed by atoms with Gasteiger partial charge in [-0.2, -0.15) is 0 Å². The number of fused-ring (bicyclic) bond motifs is 1. The highest BCUT2D eigenvalue weighted by Crippen LogP contribution is 2.20. The van der Waals surface area contributed by atoms with Gasteiger partial charge >= 0.3 is 0 Å². The van der Waals surface area contributed by atoms with E-state index in [-0.39, 0.29) is 23.3 Å². The number of sulfone groups is 1. The Bertz CT molecular complexity index is 841. The van der Waals surface area contributed by atoms with E-state index in [9.17, 15) is 13.2 Å². The molecule has 130 valence electrons. The van der Waals surface area contributed by atoms with Crippen LogP contribution >= 0.6 is 0 Å². The number of hydrogen-bond acceptors (Lipinski definition) is 5. The molecule has 6 nitrogen and oxygen atoms in total. The van der Waals surface area contributed by atoms with Crippen LogP contribution in [0.4, 0.5) is 0 Å². The summed E-state index contributed by atoms with van der Waals surface area (Å²) in [5.41, 5.74) is 1.87. The minimum Gasteiger partial charge on any atom is -0.441 e. The maximum Gasteiger partial charge on any atom is 0.251 e. The Morgan fingerprint density at radius 2 is 2.25 bits per heavy atom. The molecule has 1 amide bonds. The van der Waals surface area contributed by atoms with E-state index in [1.807, 2.05) is 0 Å². The van der Waals surface area contributed by atoms with Gasteiger partial charge in [0.2, 0.25) is 0 Å². The van der Waals surface area contributed by atoms with Gasteiger partial charge in [-0.1, -0.05) is 13.3 Å². The first-order chi connectivity index (χ1) is 11.5. The van der Waals surface area contributed by atoms with E-state index in [0.29, 0.717) is 35.5 Å². The SMILES string of the molecule is CCCCc1nc2cc(C(=O)NCC3CCS(=O)(=O)C3)ccc2o1. The molecule has 2 aromatic rings. The van der Waals surface area contributed by atoms with Crippen molar-refractivity contribution in [3.8, 4) is 0 Å². The van der Waals surface area contributed by atoms with Crippen molar-refractivity contribution in [3.05, 3.63) is 29.7 Å². The van der Waals surface area contributed by atoms with Crippen molar-refractivity contribution in [3.63, 3.8) is 0 Å². The second-order valence-corrected chi connectivity index (χ2v) is 8.60. The summed E-state index contributed by atoms with van der Waals surface area (Å²) in [5, 5.41) is 2.82. The van der Waals surface area contributed by atoms with Crippen LogP contribution in [0.3, 0.4) is 0 Å². The lowest BCUT2D eigenvalue weighted by atomic mass is 10.1. The summed E-state index contributed by atoms with van der Waals surface area (Å²) in [5.74, 6) is 0.880. The zero-order valence-corrected chi connectivity index (χ0v) is 14.6. The number of aryl methyl sites for hydroxylation is 1. The lowest BCUT2D eigenvalue weighted by Gasteiger charge is -2.09. The maximum absolute atomic E-state index is 12.3. The van der Waals surface area contributed by atoms with Crippen molar-refractivity contribution >= 4 is 26.8 Å². The maximum atomic E-state index is 12.3. The summed E-state index contributed by atoms with van der Waals surface area (Å²) < 4.78 is 28.6.